The molecule has 0 aromatic rings. The van der Waals surface area contributed by atoms with Gasteiger partial charge in [-0.1, -0.05) is 27.2 Å². The highest BCUT2D eigenvalue weighted by Crippen LogP contribution is 2.15. The van der Waals surface area contributed by atoms with E-state index in [2.05, 4.69) is 31.0 Å². The van der Waals surface area contributed by atoms with E-state index in [9.17, 15) is 0 Å². The molecule has 1 N–H and O–H groups in total. The summed E-state index contributed by atoms with van der Waals surface area (Å²) in [6.45, 7) is 13.2. The van der Waals surface area contributed by atoms with Crippen LogP contribution in [-0.4, -0.2) is 37.6 Å². The summed E-state index contributed by atoms with van der Waals surface area (Å²) in [6.07, 6.45) is 5.51. The van der Waals surface area contributed by atoms with Crippen molar-refractivity contribution in [1.29, 1.82) is 0 Å². The summed E-state index contributed by atoms with van der Waals surface area (Å²) >= 11 is 0. The minimum Gasteiger partial charge on any atom is -0.316 e. The topological polar surface area (TPSA) is 15.3 Å². The van der Waals surface area contributed by atoms with Crippen molar-refractivity contribution in [3.8, 4) is 0 Å². The number of hydrogen-bond acceptors (Lipinski definition) is 2. The molecule has 1 aliphatic rings. The van der Waals surface area contributed by atoms with E-state index >= 15 is 0 Å². The molecular weight excluding hydrogens is 196 g/mol. The minimum atomic E-state index is 0.851. The molecule has 0 aromatic carbocycles. The van der Waals surface area contributed by atoms with Crippen molar-refractivity contribution in [3.05, 3.63) is 0 Å². The Bertz CT molecular complexity index is 164. The second-order valence-corrected chi connectivity index (χ2v) is 5.41. The van der Waals surface area contributed by atoms with Gasteiger partial charge in [0.05, 0.1) is 0 Å². The van der Waals surface area contributed by atoms with Gasteiger partial charge in [-0.3, -0.25) is 0 Å². The first-order chi connectivity index (χ1) is 7.76. The average molecular weight is 226 g/mol. The van der Waals surface area contributed by atoms with Crippen molar-refractivity contribution in [2.45, 2.75) is 46.5 Å². The smallest absolute Gasteiger partial charge is 0.000680 e. The maximum absolute atomic E-state index is 3.51. The SMILES string of the molecule is CCC(C)CN(CC)CCC1CCCNC1. The lowest BCUT2D eigenvalue weighted by atomic mass is 9.96. The highest BCUT2D eigenvalue weighted by atomic mass is 15.1. The van der Waals surface area contributed by atoms with Crippen molar-refractivity contribution in [3.63, 3.8) is 0 Å². The Balaban J connectivity index is 2.16. The van der Waals surface area contributed by atoms with E-state index < -0.39 is 0 Å². The van der Waals surface area contributed by atoms with Crippen molar-refractivity contribution >= 4 is 0 Å². The van der Waals surface area contributed by atoms with Crippen LogP contribution >= 0.6 is 0 Å². The van der Waals surface area contributed by atoms with Crippen molar-refractivity contribution in [2.75, 3.05) is 32.7 Å². The van der Waals surface area contributed by atoms with Crippen LogP contribution in [0.15, 0.2) is 0 Å². The molecule has 2 unspecified atom stereocenters. The third kappa shape index (κ3) is 5.31. The summed E-state index contributed by atoms with van der Waals surface area (Å²) in [7, 11) is 0. The molecule has 0 saturated carbocycles. The lowest BCUT2D eigenvalue weighted by Crippen LogP contribution is -2.34. The predicted molar refractivity (Wildman–Crippen MR) is 71.8 cm³/mol. The van der Waals surface area contributed by atoms with Gasteiger partial charge >= 0.3 is 0 Å². The van der Waals surface area contributed by atoms with E-state index in [1.54, 1.807) is 0 Å². The van der Waals surface area contributed by atoms with Crippen LogP contribution in [0.1, 0.15) is 46.5 Å². The summed E-state index contributed by atoms with van der Waals surface area (Å²) in [6, 6.07) is 0. The van der Waals surface area contributed by atoms with E-state index in [0.29, 0.717) is 0 Å². The summed E-state index contributed by atoms with van der Waals surface area (Å²) < 4.78 is 0. The van der Waals surface area contributed by atoms with E-state index in [1.165, 1.54) is 58.4 Å². The van der Waals surface area contributed by atoms with E-state index in [1.807, 2.05) is 0 Å². The van der Waals surface area contributed by atoms with Crippen LogP contribution in [0.5, 0.6) is 0 Å². The molecule has 1 heterocycles. The first kappa shape index (κ1) is 14.0. The molecule has 2 atom stereocenters. The molecule has 2 heteroatoms. The number of piperidine rings is 1. The fourth-order valence-electron chi connectivity index (χ4n) is 2.48. The maximum atomic E-state index is 3.51. The zero-order valence-corrected chi connectivity index (χ0v) is 11.5. The Kier molecular flexibility index (Phi) is 7.06. The van der Waals surface area contributed by atoms with E-state index in [0.717, 1.165) is 11.8 Å². The maximum Gasteiger partial charge on any atom is 0.000680 e. The fraction of sp³-hybridized carbons (Fsp3) is 1.00. The number of nitrogens with one attached hydrogen (secondary N) is 1. The second kappa shape index (κ2) is 8.08. The third-order valence-corrected chi connectivity index (χ3v) is 3.97. The van der Waals surface area contributed by atoms with Crippen LogP contribution in [0, 0.1) is 11.8 Å². The van der Waals surface area contributed by atoms with Gasteiger partial charge in [0.25, 0.3) is 0 Å². The molecule has 96 valence electrons. The van der Waals surface area contributed by atoms with Gasteiger partial charge in [-0.25, -0.2) is 0 Å². The summed E-state index contributed by atoms with van der Waals surface area (Å²) in [4.78, 5) is 2.63. The normalized spacial score (nSPS) is 23.6. The first-order valence-electron chi connectivity index (χ1n) is 7.19. The van der Waals surface area contributed by atoms with Gasteiger partial charge in [0.2, 0.25) is 0 Å². The van der Waals surface area contributed by atoms with Gasteiger partial charge in [-0.05, 0) is 57.3 Å². The van der Waals surface area contributed by atoms with Gasteiger partial charge < -0.3 is 10.2 Å². The van der Waals surface area contributed by atoms with Crippen LogP contribution in [-0.2, 0) is 0 Å². The molecule has 1 fully saturated rings. The summed E-state index contributed by atoms with van der Waals surface area (Å²) in [5, 5.41) is 3.51. The van der Waals surface area contributed by atoms with E-state index in [-0.39, 0.29) is 0 Å². The standard InChI is InChI=1S/C14H30N2/c1-4-13(3)12-16(5-2)10-8-14-7-6-9-15-11-14/h13-15H,4-12H2,1-3H3. The lowest BCUT2D eigenvalue weighted by Gasteiger charge is -2.28. The van der Waals surface area contributed by atoms with Crippen LogP contribution in [0.4, 0.5) is 0 Å². The number of rotatable bonds is 7. The van der Waals surface area contributed by atoms with Gasteiger partial charge in [-0.2, -0.15) is 0 Å². The average Bonchev–Trinajstić information content (AvgIpc) is 2.35. The van der Waals surface area contributed by atoms with Gasteiger partial charge in [0, 0.05) is 6.54 Å². The molecule has 1 saturated heterocycles. The number of nitrogens with zero attached hydrogens (tertiary/aromatic N) is 1. The zero-order valence-electron chi connectivity index (χ0n) is 11.5. The molecule has 0 bridgehead atoms. The molecule has 0 aliphatic carbocycles. The summed E-state index contributed by atoms with van der Waals surface area (Å²) in [5.41, 5.74) is 0. The zero-order chi connectivity index (χ0) is 11.8. The Morgan fingerprint density at radius 2 is 2.19 bits per heavy atom. The molecule has 1 rings (SSSR count). The summed E-state index contributed by atoms with van der Waals surface area (Å²) in [5.74, 6) is 1.78. The Morgan fingerprint density at radius 3 is 2.75 bits per heavy atom. The van der Waals surface area contributed by atoms with E-state index in [4.69, 9.17) is 0 Å². The quantitative estimate of drug-likeness (QED) is 0.718. The van der Waals surface area contributed by atoms with Crippen LogP contribution < -0.4 is 5.32 Å². The minimum absolute atomic E-state index is 0.851. The molecule has 0 spiro atoms. The van der Waals surface area contributed by atoms with Crippen molar-refractivity contribution < 1.29 is 0 Å². The fourth-order valence-corrected chi connectivity index (χ4v) is 2.48. The molecule has 0 radical (unpaired) electrons. The van der Waals surface area contributed by atoms with Crippen molar-refractivity contribution in [2.24, 2.45) is 11.8 Å². The first-order valence-corrected chi connectivity index (χ1v) is 7.19. The third-order valence-electron chi connectivity index (χ3n) is 3.97. The van der Waals surface area contributed by atoms with Crippen molar-refractivity contribution in [1.82, 2.24) is 10.2 Å². The Labute approximate surface area is 102 Å². The van der Waals surface area contributed by atoms with Gasteiger partial charge in [0.15, 0.2) is 0 Å². The Hall–Kier alpha value is -0.0800. The largest absolute Gasteiger partial charge is 0.316 e. The Morgan fingerprint density at radius 1 is 1.38 bits per heavy atom. The lowest BCUT2D eigenvalue weighted by molar-refractivity contribution is 0.218. The molecule has 1 aliphatic heterocycles. The predicted octanol–water partition coefficient (Wildman–Crippen LogP) is 2.74. The molecule has 16 heavy (non-hydrogen) atoms. The molecule has 0 aromatic heterocycles. The molecular formula is C14H30N2. The highest BCUT2D eigenvalue weighted by Gasteiger charge is 2.14. The van der Waals surface area contributed by atoms with Crippen LogP contribution in [0.25, 0.3) is 0 Å². The molecule has 0 amide bonds. The van der Waals surface area contributed by atoms with Gasteiger partial charge in [0.1, 0.15) is 0 Å². The highest BCUT2D eigenvalue weighted by molar-refractivity contribution is 4.71. The molecule has 2 nitrogen and oxygen atoms in total. The number of hydrogen-bond donors (Lipinski definition) is 1. The second-order valence-electron chi connectivity index (χ2n) is 5.41. The van der Waals surface area contributed by atoms with Gasteiger partial charge in [-0.15, -0.1) is 0 Å². The van der Waals surface area contributed by atoms with Crippen LogP contribution in [0.3, 0.4) is 0 Å². The monoisotopic (exact) mass is 226 g/mol. The van der Waals surface area contributed by atoms with Crippen LogP contribution in [0.2, 0.25) is 0 Å².